The average Bonchev–Trinajstić information content (AvgIpc) is 3.36. The zero-order valence-electron chi connectivity index (χ0n) is 48.8. The second kappa shape index (κ2) is 53.6. The van der Waals surface area contributed by atoms with Crippen molar-refractivity contribution in [2.75, 3.05) is 40.9 Å². The molecule has 0 aliphatic carbocycles. The molecule has 0 radical (unpaired) electrons. The highest BCUT2D eigenvalue weighted by atomic mass is 31.2. The SMILES string of the molecule is CC/C=C\C/C=C\C/C=C\C/C=C\C/C=C\CCCCCC(=O)OC(/C=C/CCCCCCCCCCCC)C(COP(=O)([O-])OCC[N+](C)(C)C)NC(=O)CCCCCCCCC/C=C/CCCCCCCC. The molecule has 0 aliphatic heterocycles. The van der Waals surface area contributed by atoms with Gasteiger partial charge in [-0.15, -0.1) is 0 Å². The van der Waals surface area contributed by atoms with Gasteiger partial charge in [0, 0.05) is 12.8 Å². The number of likely N-dealkylation sites (N-methyl/N-ethyl adjacent to an activating group) is 1. The Labute approximate surface area is 456 Å². The van der Waals surface area contributed by atoms with Gasteiger partial charge in [0.1, 0.15) is 19.3 Å². The Morgan fingerprint density at radius 3 is 1.32 bits per heavy atom. The molecule has 3 atom stereocenters. The van der Waals surface area contributed by atoms with Crippen molar-refractivity contribution >= 4 is 19.7 Å². The first kappa shape index (κ1) is 71.2. The first-order chi connectivity index (χ1) is 35.9. The first-order valence-electron chi connectivity index (χ1n) is 30.4. The van der Waals surface area contributed by atoms with Crippen LogP contribution in [0.3, 0.4) is 0 Å². The second-order valence-electron chi connectivity index (χ2n) is 21.5. The van der Waals surface area contributed by atoms with Crippen LogP contribution in [-0.4, -0.2) is 69.4 Å². The Morgan fingerprint density at radius 2 is 0.865 bits per heavy atom. The molecule has 0 aromatic rings. The summed E-state index contributed by atoms with van der Waals surface area (Å²) in [5, 5.41) is 3.02. The largest absolute Gasteiger partial charge is 0.756 e. The summed E-state index contributed by atoms with van der Waals surface area (Å²) in [6, 6.07) is -0.908. The van der Waals surface area contributed by atoms with E-state index in [1.165, 1.54) is 116 Å². The number of hydrogen-bond donors (Lipinski definition) is 1. The third kappa shape index (κ3) is 54.0. The molecule has 9 nitrogen and oxygen atoms in total. The minimum atomic E-state index is -4.71. The number of hydrogen-bond acceptors (Lipinski definition) is 7. The van der Waals surface area contributed by atoms with Gasteiger partial charge in [-0.3, -0.25) is 14.2 Å². The molecule has 0 aromatic heterocycles. The third-order valence-electron chi connectivity index (χ3n) is 13.1. The molecule has 3 unspecified atom stereocenters. The van der Waals surface area contributed by atoms with Crippen LogP contribution in [0, 0.1) is 0 Å². The van der Waals surface area contributed by atoms with Crippen LogP contribution >= 0.6 is 7.82 Å². The van der Waals surface area contributed by atoms with Crippen molar-refractivity contribution in [2.45, 2.75) is 270 Å². The lowest BCUT2D eigenvalue weighted by Crippen LogP contribution is -2.47. The summed E-state index contributed by atoms with van der Waals surface area (Å²) in [7, 11) is 1.16. The molecule has 0 saturated heterocycles. The molecule has 10 heteroatoms. The number of unbranched alkanes of at least 4 members (excludes halogenated alkanes) is 26. The van der Waals surface area contributed by atoms with Crippen LogP contribution < -0.4 is 10.2 Å². The van der Waals surface area contributed by atoms with Crippen molar-refractivity contribution in [2.24, 2.45) is 0 Å². The fourth-order valence-electron chi connectivity index (χ4n) is 8.37. The van der Waals surface area contributed by atoms with Gasteiger partial charge in [0.25, 0.3) is 7.82 Å². The Bertz CT molecular complexity index is 1540. The predicted octanol–water partition coefficient (Wildman–Crippen LogP) is 18.0. The van der Waals surface area contributed by atoms with Crippen LogP contribution in [-0.2, 0) is 27.9 Å². The third-order valence-corrected chi connectivity index (χ3v) is 14.0. The molecule has 0 heterocycles. The minimum Gasteiger partial charge on any atom is -0.756 e. The van der Waals surface area contributed by atoms with Gasteiger partial charge in [-0.2, -0.15) is 0 Å². The molecular formula is C64H115N2O7P. The summed E-state index contributed by atoms with van der Waals surface area (Å²) >= 11 is 0. The average molecular weight is 1060 g/mol. The maximum Gasteiger partial charge on any atom is 0.306 e. The monoisotopic (exact) mass is 1050 g/mol. The van der Waals surface area contributed by atoms with Crippen LogP contribution in [0.2, 0.25) is 0 Å². The number of allylic oxidation sites excluding steroid dienone is 13. The van der Waals surface area contributed by atoms with E-state index < -0.39 is 26.6 Å². The Hall–Kier alpha value is -2.81. The highest BCUT2D eigenvalue weighted by molar-refractivity contribution is 7.45. The van der Waals surface area contributed by atoms with Crippen molar-refractivity contribution in [3.05, 3.63) is 85.1 Å². The summed E-state index contributed by atoms with van der Waals surface area (Å²) in [5.74, 6) is -0.585. The number of phosphoric acid groups is 1. The highest BCUT2D eigenvalue weighted by Gasteiger charge is 2.27. The number of nitrogens with one attached hydrogen (secondary N) is 1. The maximum absolute atomic E-state index is 13.5. The van der Waals surface area contributed by atoms with Crippen molar-refractivity contribution in [1.29, 1.82) is 0 Å². The molecule has 0 aromatic carbocycles. The Morgan fingerprint density at radius 1 is 0.486 bits per heavy atom. The van der Waals surface area contributed by atoms with E-state index in [0.717, 1.165) is 103 Å². The number of carbonyl (C=O) groups is 2. The maximum atomic E-state index is 13.5. The van der Waals surface area contributed by atoms with E-state index in [9.17, 15) is 19.0 Å². The Balaban J connectivity index is 5.36. The van der Waals surface area contributed by atoms with Crippen molar-refractivity contribution in [1.82, 2.24) is 5.32 Å². The summed E-state index contributed by atoms with van der Waals surface area (Å²) in [4.78, 5) is 39.9. The number of nitrogens with zero attached hydrogens (tertiary/aromatic N) is 1. The molecule has 1 amide bonds. The number of amides is 1. The van der Waals surface area contributed by atoms with Gasteiger partial charge in [0.2, 0.25) is 5.91 Å². The number of ether oxygens (including phenoxy) is 1. The Kier molecular flexibility index (Phi) is 51.5. The molecule has 0 fully saturated rings. The predicted molar refractivity (Wildman–Crippen MR) is 316 cm³/mol. The molecule has 428 valence electrons. The van der Waals surface area contributed by atoms with E-state index in [1.807, 2.05) is 33.3 Å². The van der Waals surface area contributed by atoms with E-state index in [4.69, 9.17) is 13.8 Å². The molecule has 0 bridgehead atoms. The molecule has 0 rings (SSSR count). The molecule has 0 spiro atoms. The van der Waals surface area contributed by atoms with Crippen molar-refractivity contribution in [3.8, 4) is 0 Å². The summed E-state index contributed by atoms with van der Waals surface area (Å²) in [6.45, 7) is 6.70. The lowest BCUT2D eigenvalue weighted by atomic mass is 10.0. The van der Waals surface area contributed by atoms with Gasteiger partial charge < -0.3 is 28.5 Å². The zero-order valence-corrected chi connectivity index (χ0v) is 49.7. The normalized spacial score (nSPS) is 14.3. The van der Waals surface area contributed by atoms with Crippen LogP contribution in [0.1, 0.15) is 258 Å². The smallest absolute Gasteiger partial charge is 0.306 e. The summed E-state index contributed by atoms with van der Waals surface area (Å²) in [6.07, 6.45) is 69.7. The van der Waals surface area contributed by atoms with Gasteiger partial charge in [-0.1, -0.05) is 228 Å². The fraction of sp³-hybridized carbons (Fsp3) is 0.750. The van der Waals surface area contributed by atoms with Gasteiger partial charge in [-0.05, 0) is 102 Å². The first-order valence-corrected chi connectivity index (χ1v) is 31.9. The standard InChI is InChI=1S/C64H115N2O7P/c1-7-10-13-16-19-22-25-28-30-32-33-35-37-39-42-45-48-51-54-57-64(68)73-62(55-52-49-46-43-40-27-24-21-18-15-12-9-3)61(60-72-74(69,70)71-59-58-66(4,5)6)65-63(67)56-53-50-47-44-41-38-36-34-31-29-26-23-20-17-14-11-8-2/h10,13,19,22,28-31,33,35,39,42,52,55,61-62H,7-9,11-12,14-18,20-21,23-27,32,34,36-38,40-41,43-51,53-54,56-60H2,1-6H3,(H-,65,67,69,70)/b13-10-,22-19-,30-28-,31-29+,35-33-,42-39-,55-52+. The van der Waals surface area contributed by atoms with Crippen molar-refractivity contribution in [3.63, 3.8) is 0 Å². The number of quaternary nitrogens is 1. The van der Waals surface area contributed by atoms with Crippen LogP contribution in [0.25, 0.3) is 0 Å². The highest BCUT2D eigenvalue weighted by Crippen LogP contribution is 2.38. The lowest BCUT2D eigenvalue weighted by Gasteiger charge is -2.30. The van der Waals surface area contributed by atoms with E-state index in [-0.39, 0.29) is 24.9 Å². The lowest BCUT2D eigenvalue weighted by molar-refractivity contribution is -0.870. The molecule has 0 saturated carbocycles. The van der Waals surface area contributed by atoms with Crippen molar-refractivity contribution < 1.29 is 37.3 Å². The summed E-state index contributed by atoms with van der Waals surface area (Å²) in [5.41, 5.74) is 0. The van der Waals surface area contributed by atoms with Crippen LogP contribution in [0.15, 0.2) is 85.1 Å². The van der Waals surface area contributed by atoms with Gasteiger partial charge in [0.15, 0.2) is 0 Å². The number of phosphoric ester groups is 1. The fourth-order valence-corrected chi connectivity index (χ4v) is 9.09. The molecule has 1 N–H and O–H groups in total. The second-order valence-corrected chi connectivity index (χ2v) is 22.9. The molecule has 74 heavy (non-hydrogen) atoms. The number of esters is 1. The topological polar surface area (TPSA) is 114 Å². The number of carbonyl (C=O) groups excluding carboxylic acids is 2. The zero-order chi connectivity index (χ0) is 54.3. The quantitative estimate of drug-likeness (QED) is 0.0212. The van der Waals surface area contributed by atoms with E-state index in [0.29, 0.717) is 23.9 Å². The van der Waals surface area contributed by atoms with E-state index >= 15 is 0 Å². The van der Waals surface area contributed by atoms with E-state index in [1.54, 1.807) is 0 Å². The molecule has 0 aliphatic rings. The number of rotatable bonds is 54. The van der Waals surface area contributed by atoms with Gasteiger partial charge in [-0.25, -0.2) is 0 Å². The van der Waals surface area contributed by atoms with Gasteiger partial charge >= 0.3 is 5.97 Å². The van der Waals surface area contributed by atoms with E-state index in [2.05, 4.69) is 99.0 Å². The van der Waals surface area contributed by atoms with Gasteiger partial charge in [0.05, 0.1) is 33.8 Å². The van der Waals surface area contributed by atoms with Crippen LogP contribution in [0.5, 0.6) is 0 Å². The minimum absolute atomic E-state index is 0.0318. The van der Waals surface area contributed by atoms with Crippen LogP contribution in [0.4, 0.5) is 0 Å². The summed E-state index contributed by atoms with van der Waals surface area (Å²) < 4.78 is 30.3. The molecular weight excluding hydrogens is 940 g/mol.